The summed E-state index contributed by atoms with van der Waals surface area (Å²) >= 11 is 1.55. The molecule has 0 radical (unpaired) electrons. The van der Waals surface area contributed by atoms with E-state index in [2.05, 4.69) is 20.1 Å². The summed E-state index contributed by atoms with van der Waals surface area (Å²) in [7, 11) is 0. The SMILES string of the molecule is CC(=O)Nc1ccc2c(CSc3nncn3C3CC3)cc(=O)oc2c1. The molecule has 8 heteroatoms. The van der Waals surface area contributed by atoms with Crippen molar-refractivity contribution in [3.63, 3.8) is 0 Å². The van der Waals surface area contributed by atoms with Gasteiger partial charge in [0, 0.05) is 41.9 Å². The lowest BCUT2D eigenvalue weighted by Crippen LogP contribution is -2.06. The van der Waals surface area contributed by atoms with E-state index in [0.29, 0.717) is 23.1 Å². The number of aromatic nitrogens is 3. The number of carbonyl (C=O) groups is 1. The van der Waals surface area contributed by atoms with Gasteiger partial charge < -0.3 is 14.3 Å². The molecule has 1 aromatic carbocycles. The Morgan fingerprint density at radius 1 is 1.40 bits per heavy atom. The number of hydrogen-bond donors (Lipinski definition) is 1. The van der Waals surface area contributed by atoms with Gasteiger partial charge in [0.1, 0.15) is 11.9 Å². The average Bonchev–Trinajstić information content (AvgIpc) is 3.30. The number of fused-ring (bicyclic) bond motifs is 1. The van der Waals surface area contributed by atoms with E-state index in [1.807, 2.05) is 6.07 Å². The van der Waals surface area contributed by atoms with Crippen LogP contribution >= 0.6 is 11.8 Å². The third kappa shape index (κ3) is 3.43. The Balaban J connectivity index is 1.63. The molecule has 2 aromatic heterocycles. The number of nitrogens with zero attached hydrogens (tertiary/aromatic N) is 3. The van der Waals surface area contributed by atoms with E-state index in [4.69, 9.17) is 4.42 Å². The van der Waals surface area contributed by atoms with Crippen molar-refractivity contribution in [2.24, 2.45) is 0 Å². The first kappa shape index (κ1) is 15.9. The van der Waals surface area contributed by atoms with Gasteiger partial charge in [-0.1, -0.05) is 11.8 Å². The van der Waals surface area contributed by atoms with Crippen LogP contribution in [0.2, 0.25) is 0 Å². The van der Waals surface area contributed by atoms with Crippen LogP contribution in [0.3, 0.4) is 0 Å². The van der Waals surface area contributed by atoms with Crippen LogP contribution in [0.15, 0.2) is 45.0 Å². The zero-order valence-corrected chi connectivity index (χ0v) is 14.4. The molecule has 1 saturated carbocycles. The molecule has 2 heterocycles. The summed E-state index contributed by atoms with van der Waals surface area (Å²) in [4.78, 5) is 23.1. The summed E-state index contributed by atoms with van der Waals surface area (Å²) in [6.07, 6.45) is 4.09. The maximum Gasteiger partial charge on any atom is 0.336 e. The summed E-state index contributed by atoms with van der Waals surface area (Å²) in [5, 5.41) is 12.6. The van der Waals surface area contributed by atoms with Gasteiger partial charge >= 0.3 is 5.63 Å². The van der Waals surface area contributed by atoms with Crippen molar-refractivity contribution < 1.29 is 9.21 Å². The Bertz CT molecular complexity index is 1010. The molecule has 0 aliphatic heterocycles. The Morgan fingerprint density at radius 2 is 2.24 bits per heavy atom. The molecule has 128 valence electrons. The van der Waals surface area contributed by atoms with Gasteiger partial charge in [-0.2, -0.15) is 0 Å². The summed E-state index contributed by atoms with van der Waals surface area (Å²) in [6, 6.07) is 7.33. The Morgan fingerprint density at radius 3 is 3.00 bits per heavy atom. The van der Waals surface area contributed by atoms with Crippen molar-refractivity contribution in [3.05, 3.63) is 46.6 Å². The molecule has 4 rings (SSSR count). The number of thioether (sulfide) groups is 1. The molecule has 0 atom stereocenters. The zero-order chi connectivity index (χ0) is 17.4. The molecule has 7 nitrogen and oxygen atoms in total. The van der Waals surface area contributed by atoms with E-state index < -0.39 is 5.63 Å². The Kier molecular flexibility index (Phi) is 4.04. The second kappa shape index (κ2) is 6.36. The quantitative estimate of drug-likeness (QED) is 0.558. The van der Waals surface area contributed by atoms with Gasteiger partial charge in [-0.25, -0.2) is 4.79 Å². The van der Waals surface area contributed by atoms with Gasteiger partial charge in [0.15, 0.2) is 5.16 Å². The third-order valence-electron chi connectivity index (χ3n) is 3.99. The standard InChI is InChI=1S/C17H16N4O3S/c1-10(22)19-12-2-5-14-11(6-16(23)24-15(14)7-12)8-25-17-20-18-9-21(17)13-3-4-13/h2,5-7,9,13H,3-4,8H2,1H3,(H,19,22). The van der Waals surface area contributed by atoms with Crippen LogP contribution in [0, 0.1) is 0 Å². The maximum absolute atomic E-state index is 11.9. The maximum atomic E-state index is 11.9. The van der Waals surface area contributed by atoms with Crippen LogP contribution in [-0.4, -0.2) is 20.7 Å². The smallest absolute Gasteiger partial charge is 0.336 e. The molecule has 1 aliphatic carbocycles. The second-order valence-electron chi connectivity index (χ2n) is 6.02. The first-order valence-electron chi connectivity index (χ1n) is 7.97. The lowest BCUT2D eigenvalue weighted by Gasteiger charge is -2.08. The van der Waals surface area contributed by atoms with Gasteiger partial charge in [0.2, 0.25) is 5.91 Å². The number of carbonyl (C=O) groups excluding carboxylic acids is 1. The number of nitrogens with one attached hydrogen (secondary N) is 1. The van der Waals surface area contributed by atoms with E-state index in [1.165, 1.54) is 13.0 Å². The van der Waals surface area contributed by atoms with Crippen molar-refractivity contribution in [1.29, 1.82) is 0 Å². The largest absolute Gasteiger partial charge is 0.423 e. The van der Waals surface area contributed by atoms with Crippen LogP contribution in [-0.2, 0) is 10.5 Å². The van der Waals surface area contributed by atoms with Gasteiger partial charge in [-0.15, -0.1) is 10.2 Å². The highest BCUT2D eigenvalue weighted by molar-refractivity contribution is 7.98. The van der Waals surface area contributed by atoms with Crippen molar-refractivity contribution in [2.45, 2.75) is 36.7 Å². The van der Waals surface area contributed by atoms with E-state index in [0.717, 1.165) is 28.9 Å². The fourth-order valence-electron chi connectivity index (χ4n) is 2.71. The molecule has 0 bridgehead atoms. The van der Waals surface area contributed by atoms with Crippen LogP contribution in [0.25, 0.3) is 11.0 Å². The first-order valence-corrected chi connectivity index (χ1v) is 8.95. The average molecular weight is 356 g/mol. The molecular formula is C17H16N4O3S. The summed E-state index contributed by atoms with van der Waals surface area (Å²) < 4.78 is 7.37. The van der Waals surface area contributed by atoms with E-state index in [-0.39, 0.29) is 5.91 Å². The highest BCUT2D eigenvalue weighted by atomic mass is 32.2. The Hall–Kier alpha value is -2.61. The third-order valence-corrected chi connectivity index (χ3v) is 4.99. The van der Waals surface area contributed by atoms with Crippen molar-refractivity contribution in [3.8, 4) is 0 Å². The number of anilines is 1. The monoisotopic (exact) mass is 356 g/mol. The lowest BCUT2D eigenvalue weighted by molar-refractivity contribution is -0.114. The number of amides is 1. The minimum Gasteiger partial charge on any atom is -0.423 e. The van der Waals surface area contributed by atoms with Gasteiger partial charge in [0.05, 0.1) is 0 Å². The van der Waals surface area contributed by atoms with Crippen molar-refractivity contribution in [2.75, 3.05) is 5.32 Å². The van der Waals surface area contributed by atoms with Crippen molar-refractivity contribution >= 4 is 34.3 Å². The highest BCUT2D eigenvalue weighted by Crippen LogP contribution is 2.38. The molecular weight excluding hydrogens is 340 g/mol. The predicted octanol–water partition coefficient (Wildman–Crippen LogP) is 2.97. The van der Waals surface area contributed by atoms with Gasteiger partial charge in [-0.3, -0.25) is 4.79 Å². The molecule has 25 heavy (non-hydrogen) atoms. The fraction of sp³-hybridized carbons (Fsp3) is 0.294. The van der Waals surface area contributed by atoms with E-state index in [9.17, 15) is 9.59 Å². The Labute approximate surface area is 147 Å². The number of hydrogen-bond acceptors (Lipinski definition) is 6. The molecule has 0 saturated heterocycles. The molecule has 1 fully saturated rings. The fourth-order valence-corrected chi connectivity index (χ4v) is 3.68. The molecule has 1 aliphatic rings. The van der Waals surface area contributed by atoms with Crippen LogP contribution in [0.4, 0.5) is 5.69 Å². The minimum absolute atomic E-state index is 0.173. The highest BCUT2D eigenvalue weighted by Gasteiger charge is 2.26. The van der Waals surface area contributed by atoms with Crippen molar-refractivity contribution in [1.82, 2.24) is 14.8 Å². The number of benzene rings is 1. The summed E-state index contributed by atoms with van der Waals surface area (Å²) in [5.74, 6) is 0.417. The molecule has 0 unspecified atom stereocenters. The van der Waals surface area contributed by atoms with E-state index >= 15 is 0 Å². The summed E-state index contributed by atoms with van der Waals surface area (Å²) in [6.45, 7) is 1.43. The molecule has 0 spiro atoms. The van der Waals surface area contributed by atoms with Crippen LogP contribution in [0.1, 0.15) is 31.4 Å². The first-order chi connectivity index (χ1) is 12.1. The number of rotatable bonds is 5. The van der Waals surface area contributed by atoms with Crippen LogP contribution < -0.4 is 10.9 Å². The predicted molar refractivity (Wildman–Crippen MR) is 94.6 cm³/mol. The van der Waals surface area contributed by atoms with Crippen LogP contribution in [0.5, 0.6) is 0 Å². The zero-order valence-electron chi connectivity index (χ0n) is 13.6. The molecule has 1 amide bonds. The summed E-state index contributed by atoms with van der Waals surface area (Å²) in [5.41, 5.74) is 1.52. The minimum atomic E-state index is -0.410. The molecule has 3 aromatic rings. The topological polar surface area (TPSA) is 90.0 Å². The molecule has 1 N–H and O–H groups in total. The normalized spacial score (nSPS) is 14.0. The van der Waals surface area contributed by atoms with Gasteiger partial charge in [0.25, 0.3) is 0 Å². The van der Waals surface area contributed by atoms with E-state index in [1.54, 1.807) is 30.2 Å². The lowest BCUT2D eigenvalue weighted by atomic mass is 10.1. The van der Waals surface area contributed by atoms with Gasteiger partial charge in [-0.05, 0) is 30.5 Å². The second-order valence-corrected chi connectivity index (χ2v) is 6.97.